The molecule has 1 atom stereocenters. The van der Waals surface area contributed by atoms with E-state index in [1.807, 2.05) is 0 Å². The second-order valence-electron chi connectivity index (χ2n) is 16.1. The van der Waals surface area contributed by atoms with Crippen LogP contribution in [0.15, 0.2) is 151 Å². The van der Waals surface area contributed by atoms with E-state index in [-0.39, 0.29) is 30.2 Å². The Balaban J connectivity index is 0.00000283. The van der Waals surface area contributed by atoms with Gasteiger partial charge in [0.25, 0.3) is 0 Å². The van der Waals surface area contributed by atoms with E-state index < -0.39 is 21.3 Å². The monoisotopic (exact) mass is 918 g/mol. The molecule has 0 nitrogen and oxygen atoms in total. The van der Waals surface area contributed by atoms with E-state index in [4.69, 9.17) is 23.2 Å². The molecule has 0 spiro atoms. The molecule has 296 valence electrons. The summed E-state index contributed by atoms with van der Waals surface area (Å²) in [5, 5.41) is 4.27. The van der Waals surface area contributed by atoms with Crippen molar-refractivity contribution in [3.05, 3.63) is 205 Å². The van der Waals surface area contributed by atoms with E-state index in [0.717, 1.165) is 48.6 Å². The van der Waals surface area contributed by atoms with E-state index in [2.05, 4.69) is 174 Å². The normalized spacial score (nSPS) is 16.4. The molecule has 3 aliphatic rings. The maximum atomic E-state index is 6.49. The molecule has 0 saturated heterocycles. The predicted octanol–water partition coefficient (Wildman–Crippen LogP) is 13.8. The first-order valence-corrected chi connectivity index (χ1v) is 24.6. The van der Waals surface area contributed by atoms with Crippen molar-refractivity contribution in [2.75, 3.05) is 0 Å². The SMILES string of the molecule is CCCCC1(c2ccc(C)cc2)C(C)=CC2=c3cc(C)c(-c4ccc(C)cc4)cc3=CC2=[C]1[Zr]([C]1=CC=CC1)=[C](Cc1ccc(Cl)cc1)Cc1ccc(Cl)cc1.Cl.Cl. The largest absolute Gasteiger partial charge is 0.147 e. The van der Waals surface area contributed by atoms with Crippen LogP contribution >= 0.6 is 48.0 Å². The number of unbranched alkanes of at least 4 members (excludes halogenated alkanes) is 1. The summed E-state index contributed by atoms with van der Waals surface area (Å²) in [6.45, 7) is 11.5. The molecule has 0 saturated carbocycles. The van der Waals surface area contributed by atoms with Gasteiger partial charge in [0.05, 0.1) is 0 Å². The van der Waals surface area contributed by atoms with Gasteiger partial charge in [0.15, 0.2) is 0 Å². The van der Waals surface area contributed by atoms with Gasteiger partial charge in [0.2, 0.25) is 0 Å². The van der Waals surface area contributed by atoms with Gasteiger partial charge in [-0.05, 0) is 0 Å². The van der Waals surface area contributed by atoms with Crippen molar-refractivity contribution >= 4 is 62.9 Å². The average molecular weight is 922 g/mol. The van der Waals surface area contributed by atoms with Gasteiger partial charge in [-0.1, -0.05) is 0 Å². The summed E-state index contributed by atoms with van der Waals surface area (Å²) in [4.78, 5) is 0. The molecule has 8 rings (SSSR count). The standard InChI is InChI=1S/C33H33.C15H12Cl2.C5H5.2ClH.Zr/c1-6-7-16-33(29-14-10-23(3)11-15-29)21-28-19-27-20-30(26-12-8-22(2)9-13-26)24(4)17-31(27)32(28)18-25(33)5;16-14-8-4-12(5-9-14)2-1-3-13-6-10-15(17)11-7-13;1-2-4-5-3-1;;;/h8-15,17-20H,6-7,16H2,1-5H3;4-11H,2-3H2;1-3H,4H2;2*1H;. The molecule has 58 heavy (non-hydrogen) atoms. The van der Waals surface area contributed by atoms with Crippen LogP contribution < -0.4 is 10.4 Å². The zero-order valence-electron chi connectivity index (χ0n) is 34.1. The van der Waals surface area contributed by atoms with Gasteiger partial charge in [0.1, 0.15) is 0 Å². The topological polar surface area (TPSA) is 0 Å². The molecule has 0 heterocycles. The molecule has 1 unspecified atom stereocenters. The molecule has 0 amide bonds. The maximum Gasteiger partial charge on any atom is -0.147 e. The fourth-order valence-corrected chi connectivity index (χ4v) is 18.9. The van der Waals surface area contributed by atoms with Crippen molar-refractivity contribution in [3.63, 3.8) is 0 Å². The predicted molar refractivity (Wildman–Crippen MR) is 253 cm³/mol. The molecule has 0 N–H and O–H groups in total. The molecule has 0 radical (unpaired) electrons. The maximum absolute atomic E-state index is 6.49. The van der Waals surface area contributed by atoms with Gasteiger partial charge in [-0.2, -0.15) is 0 Å². The van der Waals surface area contributed by atoms with Crippen molar-refractivity contribution in [1.82, 2.24) is 0 Å². The molecule has 0 aliphatic heterocycles. The molecule has 5 aromatic rings. The fraction of sp³-hybridized carbons (Fsp3) is 0.226. The van der Waals surface area contributed by atoms with Crippen LogP contribution in [0.25, 0.3) is 22.8 Å². The molecule has 0 bridgehead atoms. The minimum atomic E-state index is -3.00. The van der Waals surface area contributed by atoms with Crippen LogP contribution in [0.3, 0.4) is 0 Å². The minimum Gasteiger partial charge on any atom is -0.147 e. The first-order valence-electron chi connectivity index (χ1n) is 20.2. The molecule has 0 aromatic heterocycles. The van der Waals surface area contributed by atoms with Crippen molar-refractivity contribution in [2.45, 2.75) is 78.6 Å². The molecule has 5 heteroatoms. The van der Waals surface area contributed by atoms with Crippen LogP contribution in [0.4, 0.5) is 0 Å². The molecule has 3 aliphatic carbocycles. The van der Waals surface area contributed by atoms with Gasteiger partial charge >= 0.3 is 354 Å². The summed E-state index contributed by atoms with van der Waals surface area (Å²) in [5.41, 5.74) is 14.8. The van der Waals surface area contributed by atoms with E-state index in [0.29, 0.717) is 0 Å². The van der Waals surface area contributed by atoms with E-state index >= 15 is 0 Å². The van der Waals surface area contributed by atoms with Gasteiger partial charge in [0, 0.05) is 0 Å². The minimum absolute atomic E-state index is 0. The number of fused-ring (bicyclic) bond motifs is 2. The smallest absolute Gasteiger partial charge is 0.147 e. The molecule has 0 fully saturated rings. The first kappa shape index (κ1) is 44.3. The van der Waals surface area contributed by atoms with Gasteiger partial charge in [-0.3, -0.25) is 0 Å². The summed E-state index contributed by atoms with van der Waals surface area (Å²) in [5.74, 6) is 0. The summed E-state index contributed by atoms with van der Waals surface area (Å²) < 4.78 is 5.08. The molecular weight excluding hydrogens is 870 g/mol. The Morgan fingerprint density at radius 1 is 0.690 bits per heavy atom. The number of allylic oxidation sites excluding steroid dienone is 8. The summed E-state index contributed by atoms with van der Waals surface area (Å²) in [6.07, 6.45) is 18.7. The number of rotatable bonds is 11. The van der Waals surface area contributed by atoms with E-state index in [1.54, 1.807) is 9.77 Å². The third kappa shape index (κ3) is 8.78. The van der Waals surface area contributed by atoms with Gasteiger partial charge in [-0.15, -0.1) is 24.8 Å². The Bertz CT molecular complexity index is 2550. The van der Waals surface area contributed by atoms with Crippen molar-refractivity contribution in [3.8, 4) is 11.1 Å². The first-order chi connectivity index (χ1) is 27.1. The van der Waals surface area contributed by atoms with Crippen LogP contribution in [0.1, 0.15) is 72.9 Å². The Morgan fingerprint density at radius 3 is 1.83 bits per heavy atom. The third-order valence-corrected chi connectivity index (χ3v) is 20.7. The number of hydrogen-bond donors (Lipinski definition) is 0. The number of aryl methyl sites for hydroxylation is 3. The number of hydrogen-bond acceptors (Lipinski definition) is 0. The summed E-state index contributed by atoms with van der Waals surface area (Å²) in [6, 6.07) is 40.8. The molecular formula is C53H52Cl4Zr. The van der Waals surface area contributed by atoms with E-state index in [1.165, 1.54) is 71.7 Å². The Morgan fingerprint density at radius 2 is 1.28 bits per heavy atom. The second kappa shape index (κ2) is 19.0. The molecule has 5 aromatic carbocycles. The fourth-order valence-electron chi connectivity index (χ4n) is 9.23. The number of halogens is 4. The van der Waals surface area contributed by atoms with Crippen LogP contribution in [-0.2, 0) is 39.5 Å². The van der Waals surface area contributed by atoms with Gasteiger partial charge < -0.3 is 0 Å². The van der Waals surface area contributed by atoms with Crippen molar-refractivity contribution in [1.29, 1.82) is 0 Å². The summed E-state index contributed by atoms with van der Waals surface area (Å²) in [7, 11) is 0. The van der Waals surface area contributed by atoms with Crippen LogP contribution in [0.5, 0.6) is 0 Å². The third-order valence-electron chi connectivity index (χ3n) is 12.2. The zero-order valence-corrected chi connectivity index (χ0v) is 39.7. The summed E-state index contributed by atoms with van der Waals surface area (Å²) >= 11 is 9.98. The second-order valence-corrected chi connectivity index (χ2v) is 23.3. The van der Waals surface area contributed by atoms with Crippen molar-refractivity contribution < 1.29 is 21.3 Å². The Kier molecular flexibility index (Phi) is 14.5. The van der Waals surface area contributed by atoms with Crippen LogP contribution in [0, 0.1) is 20.8 Å². The Labute approximate surface area is 375 Å². The number of benzene rings is 5. The van der Waals surface area contributed by atoms with Gasteiger partial charge in [-0.25, -0.2) is 0 Å². The van der Waals surface area contributed by atoms with E-state index in [9.17, 15) is 0 Å². The quantitative estimate of drug-likeness (QED) is 0.124. The zero-order chi connectivity index (χ0) is 39.0. The van der Waals surface area contributed by atoms with Crippen LogP contribution in [0.2, 0.25) is 10.0 Å². The average Bonchev–Trinajstić information content (AvgIpc) is 3.85. The Hall–Kier alpha value is -3.29. The van der Waals surface area contributed by atoms with Crippen molar-refractivity contribution in [2.24, 2.45) is 0 Å². The van der Waals surface area contributed by atoms with Crippen LogP contribution in [-0.4, -0.2) is 3.21 Å².